The lowest BCUT2D eigenvalue weighted by molar-refractivity contribution is -0.177. The zero-order valence-corrected chi connectivity index (χ0v) is 21.2. The van der Waals surface area contributed by atoms with E-state index in [4.69, 9.17) is 5.73 Å². The molecule has 4 N–H and O–H groups in total. The van der Waals surface area contributed by atoms with E-state index in [1.165, 1.54) is 0 Å². The van der Waals surface area contributed by atoms with Crippen LogP contribution in [0.3, 0.4) is 0 Å². The summed E-state index contributed by atoms with van der Waals surface area (Å²) in [6, 6.07) is 9.05. The van der Waals surface area contributed by atoms with Gasteiger partial charge in [-0.25, -0.2) is 5.06 Å². The largest absolute Gasteiger partial charge is 0.370 e. The van der Waals surface area contributed by atoms with Gasteiger partial charge in [0.25, 0.3) is 5.91 Å². The molecule has 1 aliphatic heterocycles. The molecule has 2 rings (SSSR count). The fourth-order valence-corrected chi connectivity index (χ4v) is 4.41. The Morgan fingerprint density at radius 2 is 1.80 bits per heavy atom. The van der Waals surface area contributed by atoms with Crippen LogP contribution in [0.4, 0.5) is 0 Å². The van der Waals surface area contributed by atoms with Crippen molar-refractivity contribution in [2.75, 3.05) is 19.6 Å². The van der Waals surface area contributed by atoms with Gasteiger partial charge in [0.2, 0.25) is 17.7 Å². The van der Waals surface area contributed by atoms with E-state index >= 15 is 0 Å². The molecule has 194 valence electrons. The number of nitrogens with two attached hydrogens (primary N) is 1. The minimum atomic E-state index is -0.665. The van der Waals surface area contributed by atoms with E-state index in [1.807, 2.05) is 39.0 Å². The number of hydroxylamine groups is 2. The summed E-state index contributed by atoms with van der Waals surface area (Å²) in [4.78, 5) is 51.1. The van der Waals surface area contributed by atoms with E-state index in [-0.39, 0.29) is 37.2 Å². The van der Waals surface area contributed by atoms with Gasteiger partial charge in [-0.3, -0.25) is 24.4 Å². The first-order valence-electron chi connectivity index (χ1n) is 12.4. The van der Waals surface area contributed by atoms with E-state index < -0.39 is 23.1 Å². The van der Waals surface area contributed by atoms with E-state index in [1.54, 1.807) is 17.0 Å². The Morgan fingerprint density at radius 3 is 2.37 bits per heavy atom. The molecule has 0 spiro atoms. The number of carbonyl (C=O) groups excluding carboxylic acids is 4. The number of benzene rings is 1. The van der Waals surface area contributed by atoms with Gasteiger partial charge in [0.05, 0.1) is 6.54 Å². The maximum absolute atomic E-state index is 12.9. The molecule has 0 unspecified atom stereocenters. The first-order chi connectivity index (χ1) is 16.5. The first-order valence-corrected chi connectivity index (χ1v) is 12.4. The SMILES string of the molecule is CCCC[C@H](CC(N)=O)C(=O)N(O)CC(C)(C)CC(=O)N1CCC(NC(=O)c2ccccc2)CC1. The lowest BCUT2D eigenvalue weighted by atomic mass is 9.87. The minimum absolute atomic E-state index is 0.00984. The first kappa shape index (κ1) is 28.3. The highest BCUT2D eigenvalue weighted by Crippen LogP contribution is 2.26. The standard InChI is InChI=1S/C26H40N4O5/c1-4-5-9-20(16-22(27)31)25(34)30(35)18-26(2,3)17-23(32)29-14-12-21(13-15-29)28-24(33)19-10-7-6-8-11-19/h6-8,10-11,20-21,35H,4-5,9,12-18H2,1-3H3,(H2,27,31)(H,28,33)/t20-/m1/s1. The number of rotatable bonds is 12. The number of nitrogens with one attached hydrogen (secondary N) is 1. The van der Waals surface area contributed by atoms with E-state index in [0.29, 0.717) is 43.0 Å². The average Bonchev–Trinajstić information content (AvgIpc) is 2.81. The van der Waals surface area contributed by atoms with Crippen molar-refractivity contribution in [2.45, 2.75) is 71.8 Å². The maximum Gasteiger partial charge on any atom is 0.251 e. The van der Waals surface area contributed by atoms with Crippen molar-refractivity contribution >= 4 is 23.6 Å². The van der Waals surface area contributed by atoms with Gasteiger partial charge in [-0.15, -0.1) is 0 Å². The predicted octanol–water partition coefficient (Wildman–Crippen LogP) is 2.72. The van der Waals surface area contributed by atoms with Gasteiger partial charge < -0.3 is 16.0 Å². The molecule has 0 radical (unpaired) electrons. The Bertz CT molecular complexity index is 866. The molecule has 1 aromatic rings. The van der Waals surface area contributed by atoms with Crippen LogP contribution in [0.5, 0.6) is 0 Å². The smallest absolute Gasteiger partial charge is 0.251 e. The third-order valence-electron chi connectivity index (χ3n) is 6.38. The van der Waals surface area contributed by atoms with Crippen molar-refractivity contribution in [1.29, 1.82) is 0 Å². The third-order valence-corrected chi connectivity index (χ3v) is 6.38. The molecule has 1 fully saturated rings. The Labute approximate surface area is 208 Å². The van der Waals surface area contributed by atoms with Crippen LogP contribution in [0, 0.1) is 11.3 Å². The second-order valence-corrected chi connectivity index (χ2v) is 10.2. The number of unbranched alkanes of at least 4 members (excludes halogenated alkanes) is 1. The van der Waals surface area contributed by atoms with Crippen molar-refractivity contribution in [3.05, 3.63) is 35.9 Å². The van der Waals surface area contributed by atoms with Crippen LogP contribution in [0.2, 0.25) is 0 Å². The second kappa shape index (κ2) is 13.2. The van der Waals surface area contributed by atoms with E-state index in [2.05, 4.69) is 5.32 Å². The molecule has 1 aromatic carbocycles. The summed E-state index contributed by atoms with van der Waals surface area (Å²) in [5.41, 5.74) is 5.23. The summed E-state index contributed by atoms with van der Waals surface area (Å²) in [5.74, 6) is -1.94. The topological polar surface area (TPSA) is 133 Å². The Morgan fingerprint density at radius 1 is 1.17 bits per heavy atom. The van der Waals surface area contributed by atoms with Crippen LogP contribution in [-0.4, -0.2) is 64.5 Å². The molecule has 1 aliphatic rings. The molecule has 1 heterocycles. The number of primary amides is 1. The quantitative estimate of drug-likeness (QED) is 0.307. The van der Waals surface area contributed by atoms with Gasteiger partial charge in [0.15, 0.2) is 0 Å². The molecule has 1 atom stereocenters. The molecule has 4 amide bonds. The summed E-state index contributed by atoms with van der Waals surface area (Å²) < 4.78 is 0. The van der Waals surface area contributed by atoms with Crippen molar-refractivity contribution in [1.82, 2.24) is 15.3 Å². The summed E-state index contributed by atoms with van der Waals surface area (Å²) in [5, 5.41) is 14.1. The average molecular weight is 489 g/mol. The zero-order valence-electron chi connectivity index (χ0n) is 21.2. The summed E-state index contributed by atoms with van der Waals surface area (Å²) in [6.45, 7) is 6.68. The van der Waals surface area contributed by atoms with Gasteiger partial charge in [0.1, 0.15) is 0 Å². The molecular weight excluding hydrogens is 448 g/mol. The number of amides is 4. The normalized spacial score (nSPS) is 15.4. The van der Waals surface area contributed by atoms with Crippen LogP contribution in [0.15, 0.2) is 30.3 Å². The van der Waals surface area contributed by atoms with Crippen LogP contribution in [-0.2, 0) is 14.4 Å². The Kier molecular flexibility index (Phi) is 10.7. The summed E-state index contributed by atoms with van der Waals surface area (Å²) >= 11 is 0. The van der Waals surface area contributed by atoms with Crippen molar-refractivity contribution in [2.24, 2.45) is 17.1 Å². The van der Waals surface area contributed by atoms with Crippen molar-refractivity contribution in [3.63, 3.8) is 0 Å². The van der Waals surface area contributed by atoms with E-state index in [9.17, 15) is 24.4 Å². The third kappa shape index (κ3) is 9.32. The van der Waals surface area contributed by atoms with Crippen molar-refractivity contribution in [3.8, 4) is 0 Å². The number of carbonyl (C=O) groups is 4. The van der Waals surface area contributed by atoms with E-state index in [0.717, 1.165) is 12.8 Å². The molecule has 35 heavy (non-hydrogen) atoms. The molecule has 0 aromatic heterocycles. The number of piperidine rings is 1. The number of likely N-dealkylation sites (tertiary alicyclic amines) is 1. The van der Waals surface area contributed by atoms with Crippen molar-refractivity contribution < 1.29 is 24.4 Å². The Hall–Kier alpha value is -2.94. The monoisotopic (exact) mass is 488 g/mol. The highest BCUT2D eigenvalue weighted by atomic mass is 16.5. The minimum Gasteiger partial charge on any atom is -0.370 e. The molecular formula is C26H40N4O5. The summed E-state index contributed by atoms with van der Waals surface area (Å²) in [6.07, 6.45) is 3.48. The van der Waals surface area contributed by atoms with Gasteiger partial charge in [-0.05, 0) is 36.8 Å². The van der Waals surface area contributed by atoms with Crippen LogP contribution in [0.25, 0.3) is 0 Å². The molecule has 1 saturated heterocycles. The van der Waals surface area contributed by atoms with Gasteiger partial charge >= 0.3 is 0 Å². The predicted molar refractivity (Wildman–Crippen MR) is 132 cm³/mol. The maximum atomic E-state index is 12.9. The highest BCUT2D eigenvalue weighted by Gasteiger charge is 2.33. The lowest BCUT2D eigenvalue weighted by Gasteiger charge is -2.35. The summed E-state index contributed by atoms with van der Waals surface area (Å²) in [7, 11) is 0. The molecule has 9 nitrogen and oxygen atoms in total. The molecule has 9 heteroatoms. The Balaban J connectivity index is 1.84. The fourth-order valence-electron chi connectivity index (χ4n) is 4.41. The van der Waals surface area contributed by atoms with Gasteiger partial charge in [-0.1, -0.05) is 51.8 Å². The van der Waals surface area contributed by atoms with Crippen LogP contribution in [0.1, 0.15) is 76.1 Å². The fraction of sp³-hybridized carbons (Fsp3) is 0.615. The molecule has 0 aliphatic carbocycles. The highest BCUT2D eigenvalue weighted by molar-refractivity contribution is 5.94. The number of hydrogen-bond donors (Lipinski definition) is 3. The van der Waals surface area contributed by atoms with Crippen LogP contribution >= 0.6 is 0 Å². The zero-order chi connectivity index (χ0) is 26.0. The van der Waals surface area contributed by atoms with Gasteiger partial charge in [-0.2, -0.15) is 0 Å². The molecule has 0 bridgehead atoms. The second-order valence-electron chi connectivity index (χ2n) is 10.2. The van der Waals surface area contributed by atoms with Crippen LogP contribution < -0.4 is 11.1 Å². The molecule has 0 saturated carbocycles. The number of nitrogens with zero attached hydrogens (tertiary/aromatic N) is 2. The lowest BCUT2D eigenvalue weighted by Crippen LogP contribution is -2.48. The van der Waals surface area contributed by atoms with Gasteiger partial charge in [0, 0.05) is 43.5 Å². The number of hydrogen-bond acceptors (Lipinski definition) is 5.